The van der Waals surface area contributed by atoms with E-state index in [2.05, 4.69) is 0 Å². The molecule has 0 aliphatic carbocycles. The van der Waals surface area contributed by atoms with Crippen LogP contribution in [0.4, 0.5) is 0 Å². The van der Waals surface area contributed by atoms with Crippen LogP contribution < -0.4 is 5.73 Å². The Morgan fingerprint density at radius 1 is 1.38 bits per heavy atom. The predicted molar refractivity (Wildman–Crippen MR) is 57.1 cm³/mol. The summed E-state index contributed by atoms with van der Waals surface area (Å²) in [5.41, 5.74) is 4.92. The lowest BCUT2D eigenvalue weighted by Gasteiger charge is -2.24. The minimum absolute atomic E-state index is 0.431. The van der Waals surface area contributed by atoms with Gasteiger partial charge in [0, 0.05) is 6.04 Å². The molecule has 0 atom stereocenters. The van der Waals surface area contributed by atoms with Crippen molar-refractivity contribution in [3.8, 4) is 0 Å². The summed E-state index contributed by atoms with van der Waals surface area (Å²) in [5, 5.41) is 8.40. The van der Waals surface area contributed by atoms with E-state index in [9.17, 15) is 18.0 Å². The van der Waals surface area contributed by atoms with E-state index in [0.29, 0.717) is 0 Å². The SMILES string of the molecule is CC(C)N(CC(N)=O)S(=O)(=O)CCC(=O)O. The van der Waals surface area contributed by atoms with E-state index in [4.69, 9.17) is 10.8 Å². The summed E-state index contributed by atoms with van der Waals surface area (Å²) in [6.45, 7) is 2.74. The number of sulfonamides is 1. The first-order valence-electron chi connectivity index (χ1n) is 4.66. The molecule has 0 unspecified atom stereocenters. The van der Waals surface area contributed by atoms with Crippen LogP contribution in [0.1, 0.15) is 20.3 Å². The van der Waals surface area contributed by atoms with Crippen molar-refractivity contribution < 1.29 is 23.1 Å². The lowest BCUT2D eigenvalue weighted by Crippen LogP contribution is -2.44. The minimum atomic E-state index is -3.76. The first-order valence-corrected chi connectivity index (χ1v) is 6.27. The van der Waals surface area contributed by atoms with Crippen molar-refractivity contribution in [1.29, 1.82) is 0 Å². The summed E-state index contributed by atoms with van der Waals surface area (Å²) in [6, 6.07) is -0.439. The highest BCUT2D eigenvalue weighted by Gasteiger charge is 2.26. The van der Waals surface area contributed by atoms with Crippen LogP contribution in [0, 0.1) is 0 Å². The number of hydrogen-bond acceptors (Lipinski definition) is 4. The van der Waals surface area contributed by atoms with Gasteiger partial charge in [-0.1, -0.05) is 0 Å². The summed E-state index contributed by atoms with van der Waals surface area (Å²) in [7, 11) is -3.76. The zero-order valence-electron chi connectivity index (χ0n) is 9.21. The average molecular weight is 252 g/mol. The summed E-state index contributed by atoms with van der Waals surface area (Å²) in [6.07, 6.45) is -0.496. The van der Waals surface area contributed by atoms with E-state index in [1.165, 1.54) is 0 Å². The van der Waals surface area contributed by atoms with Crippen molar-refractivity contribution in [2.45, 2.75) is 26.3 Å². The molecule has 0 aliphatic heterocycles. The van der Waals surface area contributed by atoms with Gasteiger partial charge in [-0.3, -0.25) is 9.59 Å². The number of nitrogens with two attached hydrogens (primary N) is 1. The largest absolute Gasteiger partial charge is 0.481 e. The molecule has 0 aromatic rings. The van der Waals surface area contributed by atoms with Gasteiger partial charge in [-0.2, -0.15) is 4.31 Å². The summed E-state index contributed by atoms with van der Waals surface area (Å²) >= 11 is 0. The Bertz CT molecular complexity index is 363. The molecule has 8 heteroatoms. The molecule has 1 amide bonds. The van der Waals surface area contributed by atoms with E-state index in [1.807, 2.05) is 0 Å². The molecule has 0 rings (SSSR count). The number of aliphatic carboxylic acids is 1. The van der Waals surface area contributed by atoms with E-state index in [0.717, 1.165) is 4.31 Å². The molecule has 0 aromatic carbocycles. The number of rotatable bonds is 7. The van der Waals surface area contributed by atoms with E-state index < -0.39 is 46.7 Å². The molecule has 16 heavy (non-hydrogen) atoms. The van der Waals surface area contributed by atoms with Crippen LogP contribution in [0.15, 0.2) is 0 Å². The van der Waals surface area contributed by atoms with E-state index >= 15 is 0 Å². The molecule has 94 valence electrons. The monoisotopic (exact) mass is 252 g/mol. The lowest BCUT2D eigenvalue weighted by molar-refractivity contribution is -0.136. The maximum atomic E-state index is 11.7. The summed E-state index contributed by atoms with van der Waals surface area (Å²) in [5.74, 6) is -2.51. The Kier molecular flexibility index (Phi) is 5.39. The Hall–Kier alpha value is -1.15. The van der Waals surface area contributed by atoms with E-state index in [1.54, 1.807) is 13.8 Å². The Labute approximate surface area is 94.3 Å². The molecule has 0 aromatic heterocycles. The first kappa shape index (κ1) is 14.8. The molecule has 3 N–H and O–H groups in total. The molecule has 0 fully saturated rings. The second-order valence-electron chi connectivity index (χ2n) is 3.57. The number of carboxylic acid groups (broad SMARTS) is 1. The van der Waals surface area contributed by atoms with Crippen molar-refractivity contribution in [2.24, 2.45) is 5.73 Å². The number of carbonyl (C=O) groups excluding carboxylic acids is 1. The molecular formula is C8H16N2O5S. The lowest BCUT2D eigenvalue weighted by atomic mass is 10.4. The molecule has 0 saturated carbocycles. The van der Waals surface area contributed by atoms with Gasteiger partial charge in [0.1, 0.15) is 0 Å². The van der Waals surface area contributed by atoms with Gasteiger partial charge in [-0.05, 0) is 13.8 Å². The fourth-order valence-corrected chi connectivity index (χ4v) is 2.72. The third-order valence-electron chi connectivity index (χ3n) is 1.82. The van der Waals surface area contributed by atoms with Crippen molar-refractivity contribution in [2.75, 3.05) is 12.3 Å². The molecule has 0 radical (unpaired) electrons. The van der Waals surface area contributed by atoms with Crippen LogP contribution in [0.25, 0.3) is 0 Å². The van der Waals surface area contributed by atoms with Crippen LogP contribution >= 0.6 is 0 Å². The number of primary amides is 1. The molecule has 0 aliphatic rings. The fourth-order valence-electron chi connectivity index (χ4n) is 1.09. The van der Waals surface area contributed by atoms with Gasteiger partial charge in [0.05, 0.1) is 18.7 Å². The maximum Gasteiger partial charge on any atom is 0.304 e. The predicted octanol–water partition coefficient (Wildman–Crippen LogP) is -1.01. The third-order valence-corrected chi connectivity index (χ3v) is 3.80. The normalized spacial score (nSPS) is 12.0. The zero-order valence-corrected chi connectivity index (χ0v) is 10.0. The molecule has 7 nitrogen and oxygen atoms in total. The molecular weight excluding hydrogens is 236 g/mol. The smallest absolute Gasteiger partial charge is 0.304 e. The zero-order chi connectivity index (χ0) is 12.9. The van der Waals surface area contributed by atoms with Gasteiger partial charge in [0.25, 0.3) is 0 Å². The number of hydrogen-bond donors (Lipinski definition) is 2. The number of nitrogens with zero attached hydrogens (tertiary/aromatic N) is 1. The van der Waals surface area contributed by atoms with Gasteiger partial charge in [-0.15, -0.1) is 0 Å². The van der Waals surface area contributed by atoms with E-state index in [-0.39, 0.29) is 0 Å². The molecule has 0 heterocycles. The van der Waals surface area contributed by atoms with Crippen LogP contribution in [0.5, 0.6) is 0 Å². The Morgan fingerprint density at radius 3 is 2.19 bits per heavy atom. The van der Waals surface area contributed by atoms with Crippen LogP contribution in [-0.2, 0) is 19.6 Å². The standard InChI is InChI=1S/C8H16N2O5S/c1-6(2)10(5-7(9)11)16(14,15)4-3-8(12)13/h6H,3-5H2,1-2H3,(H2,9,11)(H,12,13). The second kappa shape index (κ2) is 5.80. The fraction of sp³-hybridized carbons (Fsp3) is 0.750. The Balaban J connectivity index is 4.76. The molecule has 0 saturated heterocycles. The van der Waals surface area contributed by atoms with Crippen molar-refractivity contribution in [3.63, 3.8) is 0 Å². The number of amides is 1. The van der Waals surface area contributed by atoms with Gasteiger partial charge in [0.15, 0.2) is 0 Å². The van der Waals surface area contributed by atoms with Gasteiger partial charge in [0.2, 0.25) is 15.9 Å². The van der Waals surface area contributed by atoms with Gasteiger partial charge in [-0.25, -0.2) is 8.42 Å². The van der Waals surface area contributed by atoms with Gasteiger partial charge >= 0.3 is 5.97 Å². The second-order valence-corrected chi connectivity index (χ2v) is 5.61. The number of carbonyl (C=O) groups is 2. The van der Waals surface area contributed by atoms with Crippen LogP contribution in [0.2, 0.25) is 0 Å². The highest BCUT2D eigenvalue weighted by molar-refractivity contribution is 7.89. The first-order chi connectivity index (χ1) is 7.16. The quantitative estimate of drug-likeness (QED) is 0.601. The van der Waals surface area contributed by atoms with Crippen molar-refractivity contribution >= 4 is 21.9 Å². The topological polar surface area (TPSA) is 118 Å². The van der Waals surface area contributed by atoms with Crippen LogP contribution in [-0.4, -0.2) is 48.0 Å². The van der Waals surface area contributed by atoms with Gasteiger partial charge < -0.3 is 10.8 Å². The van der Waals surface area contributed by atoms with Crippen molar-refractivity contribution in [3.05, 3.63) is 0 Å². The highest BCUT2D eigenvalue weighted by Crippen LogP contribution is 2.08. The maximum absolute atomic E-state index is 11.7. The average Bonchev–Trinajstić information content (AvgIpc) is 2.10. The third kappa shape index (κ3) is 5.08. The summed E-state index contributed by atoms with van der Waals surface area (Å²) < 4.78 is 24.2. The highest BCUT2D eigenvalue weighted by atomic mass is 32.2. The minimum Gasteiger partial charge on any atom is -0.481 e. The number of carboxylic acids is 1. The van der Waals surface area contributed by atoms with Crippen LogP contribution in [0.3, 0.4) is 0 Å². The van der Waals surface area contributed by atoms with Crippen molar-refractivity contribution in [1.82, 2.24) is 4.31 Å². The molecule has 0 spiro atoms. The summed E-state index contributed by atoms with van der Waals surface area (Å²) in [4.78, 5) is 21.0. The molecule has 0 bridgehead atoms. The Morgan fingerprint density at radius 2 is 1.88 bits per heavy atom.